The highest BCUT2D eigenvalue weighted by molar-refractivity contribution is 5.38. The Bertz CT molecular complexity index is 459. The molecule has 0 atom stereocenters. The molecular weight excluding hydrogens is 266 g/mol. The third-order valence-electron chi connectivity index (χ3n) is 3.90. The summed E-state index contributed by atoms with van der Waals surface area (Å²) in [6, 6.07) is 0.433. The van der Waals surface area contributed by atoms with E-state index in [1.807, 2.05) is 7.05 Å². The monoisotopic (exact) mass is 291 g/mol. The summed E-state index contributed by atoms with van der Waals surface area (Å²) in [5, 5.41) is 3.01. The molecule has 3 rings (SSSR count). The van der Waals surface area contributed by atoms with Crippen molar-refractivity contribution in [3.63, 3.8) is 0 Å². The van der Waals surface area contributed by atoms with Crippen LogP contribution in [0.1, 0.15) is 39.0 Å². The van der Waals surface area contributed by atoms with E-state index < -0.39 is 0 Å². The number of hydrogen-bond donors (Lipinski definition) is 1. The van der Waals surface area contributed by atoms with E-state index in [0.29, 0.717) is 18.6 Å². The molecule has 2 saturated carbocycles. The van der Waals surface area contributed by atoms with E-state index in [2.05, 4.69) is 32.1 Å². The summed E-state index contributed by atoms with van der Waals surface area (Å²) in [5.74, 6) is 2.99. The van der Waals surface area contributed by atoms with Crippen LogP contribution in [0.5, 0.6) is 6.01 Å². The van der Waals surface area contributed by atoms with E-state index >= 15 is 0 Å². The highest BCUT2D eigenvalue weighted by atomic mass is 16.5. The van der Waals surface area contributed by atoms with E-state index in [4.69, 9.17) is 4.74 Å². The van der Waals surface area contributed by atoms with Crippen molar-refractivity contribution in [2.45, 2.75) is 39.0 Å². The third-order valence-corrected chi connectivity index (χ3v) is 3.90. The van der Waals surface area contributed by atoms with Gasteiger partial charge in [0.15, 0.2) is 0 Å². The van der Waals surface area contributed by atoms with Gasteiger partial charge < -0.3 is 15.0 Å². The average Bonchev–Trinajstić information content (AvgIpc) is 3.39. The molecule has 0 bridgehead atoms. The molecule has 0 unspecified atom stereocenters. The minimum atomic E-state index is 0.433. The lowest BCUT2D eigenvalue weighted by Crippen LogP contribution is -2.30. The van der Waals surface area contributed by atoms with Gasteiger partial charge in [-0.1, -0.05) is 6.92 Å². The predicted octanol–water partition coefficient (Wildman–Crippen LogP) is 2.33. The van der Waals surface area contributed by atoms with Gasteiger partial charge in [0.25, 0.3) is 0 Å². The lowest BCUT2D eigenvalue weighted by Gasteiger charge is -2.23. The zero-order valence-corrected chi connectivity index (χ0v) is 13.0. The molecule has 0 amide bonds. The Balaban J connectivity index is 1.77. The van der Waals surface area contributed by atoms with Crippen molar-refractivity contribution in [2.75, 3.05) is 37.0 Å². The van der Waals surface area contributed by atoms with Crippen LogP contribution in [0.3, 0.4) is 0 Å². The smallest absolute Gasteiger partial charge is 0.323 e. The van der Waals surface area contributed by atoms with Crippen molar-refractivity contribution in [1.82, 2.24) is 15.0 Å². The summed E-state index contributed by atoms with van der Waals surface area (Å²) in [6.45, 7) is 4.85. The summed E-state index contributed by atoms with van der Waals surface area (Å²) in [7, 11) is 1.83. The lowest BCUT2D eigenvalue weighted by molar-refractivity contribution is 0.291. The van der Waals surface area contributed by atoms with Gasteiger partial charge in [0.1, 0.15) is 0 Å². The normalized spacial score (nSPS) is 17.6. The standard InChI is InChI=1S/C15H25N5O/c1-3-8-21-15-18-13(16-2)17-14(19-15)20(9-11-4-5-11)10-12-6-7-12/h11-12H,3-10H2,1-2H3,(H,16,17,18,19). The largest absolute Gasteiger partial charge is 0.463 e. The summed E-state index contributed by atoms with van der Waals surface area (Å²) >= 11 is 0. The maximum atomic E-state index is 5.60. The molecule has 6 nitrogen and oxygen atoms in total. The van der Waals surface area contributed by atoms with Crippen LogP contribution in [0.2, 0.25) is 0 Å². The number of nitrogens with one attached hydrogen (secondary N) is 1. The number of anilines is 2. The van der Waals surface area contributed by atoms with Crippen molar-refractivity contribution in [2.24, 2.45) is 11.8 Å². The first-order valence-electron chi connectivity index (χ1n) is 8.10. The SMILES string of the molecule is CCCOc1nc(NC)nc(N(CC2CC2)CC2CC2)n1. The van der Waals surface area contributed by atoms with Gasteiger partial charge in [-0.05, 0) is 43.9 Å². The number of nitrogens with zero attached hydrogens (tertiary/aromatic N) is 4. The predicted molar refractivity (Wildman–Crippen MR) is 82.8 cm³/mol. The van der Waals surface area contributed by atoms with E-state index in [0.717, 1.165) is 37.3 Å². The van der Waals surface area contributed by atoms with Crippen LogP contribution >= 0.6 is 0 Å². The molecule has 0 aliphatic heterocycles. The van der Waals surface area contributed by atoms with Gasteiger partial charge in [-0.2, -0.15) is 15.0 Å². The molecule has 1 aromatic rings. The first-order chi connectivity index (χ1) is 10.3. The van der Waals surface area contributed by atoms with Crippen molar-refractivity contribution in [1.29, 1.82) is 0 Å². The van der Waals surface area contributed by atoms with Crippen LogP contribution in [0.4, 0.5) is 11.9 Å². The summed E-state index contributed by atoms with van der Waals surface area (Å²) in [4.78, 5) is 15.7. The van der Waals surface area contributed by atoms with Crippen LogP contribution < -0.4 is 15.0 Å². The van der Waals surface area contributed by atoms with Crippen molar-refractivity contribution in [3.8, 4) is 6.01 Å². The Labute approximate surface area is 126 Å². The Morgan fingerprint density at radius 1 is 1.10 bits per heavy atom. The molecule has 1 N–H and O–H groups in total. The first kappa shape index (κ1) is 14.4. The summed E-state index contributed by atoms with van der Waals surface area (Å²) < 4.78 is 5.60. The van der Waals surface area contributed by atoms with Gasteiger partial charge >= 0.3 is 6.01 Å². The van der Waals surface area contributed by atoms with Crippen molar-refractivity contribution >= 4 is 11.9 Å². The van der Waals surface area contributed by atoms with E-state index in [9.17, 15) is 0 Å². The van der Waals surface area contributed by atoms with E-state index in [1.54, 1.807) is 0 Å². The quantitative estimate of drug-likeness (QED) is 0.753. The molecule has 2 aliphatic carbocycles. The molecule has 1 heterocycles. The lowest BCUT2D eigenvalue weighted by atomic mass is 10.3. The molecule has 0 radical (unpaired) electrons. The van der Waals surface area contributed by atoms with E-state index in [-0.39, 0.29) is 0 Å². The molecule has 0 spiro atoms. The van der Waals surface area contributed by atoms with Gasteiger partial charge in [-0.15, -0.1) is 0 Å². The number of hydrogen-bond acceptors (Lipinski definition) is 6. The number of ether oxygens (including phenoxy) is 1. The average molecular weight is 291 g/mol. The molecule has 1 aromatic heterocycles. The molecular formula is C15H25N5O. The fourth-order valence-electron chi connectivity index (χ4n) is 2.32. The second-order valence-corrected chi connectivity index (χ2v) is 6.13. The van der Waals surface area contributed by atoms with Crippen LogP contribution in [-0.4, -0.2) is 41.7 Å². The molecule has 21 heavy (non-hydrogen) atoms. The zero-order chi connectivity index (χ0) is 14.7. The molecule has 0 saturated heterocycles. The van der Waals surface area contributed by atoms with Gasteiger partial charge in [0.2, 0.25) is 11.9 Å². The Morgan fingerprint density at radius 2 is 1.76 bits per heavy atom. The minimum absolute atomic E-state index is 0.433. The topological polar surface area (TPSA) is 63.2 Å². The maximum Gasteiger partial charge on any atom is 0.323 e. The Morgan fingerprint density at radius 3 is 2.29 bits per heavy atom. The highest BCUT2D eigenvalue weighted by Gasteiger charge is 2.30. The van der Waals surface area contributed by atoms with Gasteiger partial charge in [-0.25, -0.2) is 0 Å². The summed E-state index contributed by atoms with van der Waals surface area (Å²) in [5.41, 5.74) is 0. The molecule has 116 valence electrons. The highest BCUT2D eigenvalue weighted by Crippen LogP contribution is 2.35. The van der Waals surface area contributed by atoms with E-state index in [1.165, 1.54) is 25.7 Å². The number of rotatable bonds is 9. The minimum Gasteiger partial charge on any atom is -0.463 e. The van der Waals surface area contributed by atoms with Gasteiger partial charge in [-0.3, -0.25) is 0 Å². The van der Waals surface area contributed by atoms with Crippen LogP contribution in [0, 0.1) is 11.8 Å². The number of aromatic nitrogens is 3. The maximum absolute atomic E-state index is 5.60. The molecule has 6 heteroatoms. The van der Waals surface area contributed by atoms with Crippen LogP contribution in [-0.2, 0) is 0 Å². The second kappa shape index (κ2) is 6.45. The van der Waals surface area contributed by atoms with Crippen molar-refractivity contribution in [3.05, 3.63) is 0 Å². The second-order valence-electron chi connectivity index (χ2n) is 6.13. The van der Waals surface area contributed by atoms with Gasteiger partial charge in [0, 0.05) is 20.1 Å². The van der Waals surface area contributed by atoms with Crippen LogP contribution in [0.15, 0.2) is 0 Å². The third kappa shape index (κ3) is 4.19. The van der Waals surface area contributed by atoms with Gasteiger partial charge in [0.05, 0.1) is 6.61 Å². The summed E-state index contributed by atoms with van der Waals surface area (Å²) in [6.07, 6.45) is 6.30. The fraction of sp³-hybridized carbons (Fsp3) is 0.800. The Kier molecular flexibility index (Phi) is 4.41. The first-order valence-corrected chi connectivity index (χ1v) is 8.10. The van der Waals surface area contributed by atoms with Crippen molar-refractivity contribution < 1.29 is 4.74 Å². The molecule has 0 aromatic carbocycles. The zero-order valence-electron chi connectivity index (χ0n) is 13.0. The molecule has 2 fully saturated rings. The van der Waals surface area contributed by atoms with Crippen LogP contribution in [0.25, 0.3) is 0 Å². The fourth-order valence-corrected chi connectivity index (χ4v) is 2.32. The molecule has 2 aliphatic rings. The Hall–Kier alpha value is -1.59.